The fourth-order valence-electron chi connectivity index (χ4n) is 2.69. The maximum absolute atomic E-state index is 9.50. The summed E-state index contributed by atoms with van der Waals surface area (Å²) in [4.78, 5) is 4.62. The molecule has 6 heteroatoms. The smallest absolute Gasteiger partial charge is 0.191 e. The number of aliphatic imine (C=N–C) groups is 1. The molecule has 0 aliphatic carbocycles. The van der Waals surface area contributed by atoms with E-state index in [-0.39, 0.29) is 0 Å². The lowest BCUT2D eigenvalue weighted by Gasteiger charge is -2.11. The summed E-state index contributed by atoms with van der Waals surface area (Å²) in [6.07, 6.45) is 1.79. The molecular formula is C19H29N5O. The van der Waals surface area contributed by atoms with Gasteiger partial charge in [0.2, 0.25) is 0 Å². The summed E-state index contributed by atoms with van der Waals surface area (Å²) < 4.78 is 2.03. The number of guanidine groups is 1. The lowest BCUT2D eigenvalue weighted by atomic mass is 10.1. The number of nitrogens with zero attached hydrogens (tertiary/aromatic N) is 3. The molecule has 3 N–H and O–H groups in total. The molecule has 0 aliphatic heterocycles. The van der Waals surface area contributed by atoms with E-state index in [2.05, 4.69) is 40.6 Å². The lowest BCUT2D eigenvalue weighted by molar-refractivity contribution is 0.474. The summed E-state index contributed by atoms with van der Waals surface area (Å²) in [5.74, 6) is 1.14. The standard InChI is InChI=1S/C19H29N5O/c1-4-20-19(22-11-9-17-7-5-8-18(25)14-17)21-10-6-12-24-16(3)13-15(2)23-24/h5,7-8,13-14,25H,4,6,9-12H2,1-3H3,(H2,20,21,22). The van der Waals surface area contributed by atoms with Crippen LogP contribution in [0.1, 0.15) is 30.3 Å². The number of benzene rings is 1. The Morgan fingerprint density at radius 1 is 1.24 bits per heavy atom. The number of nitrogens with one attached hydrogen (secondary N) is 2. The summed E-state index contributed by atoms with van der Waals surface area (Å²) in [7, 11) is 0. The lowest BCUT2D eigenvalue weighted by Crippen LogP contribution is -2.38. The number of aryl methyl sites for hydroxylation is 3. The second-order valence-corrected chi connectivity index (χ2v) is 6.11. The van der Waals surface area contributed by atoms with Crippen LogP contribution in [-0.4, -0.2) is 40.5 Å². The van der Waals surface area contributed by atoms with Crippen LogP contribution in [0.4, 0.5) is 0 Å². The number of aromatic hydroxyl groups is 1. The summed E-state index contributed by atoms with van der Waals surface area (Å²) in [6.45, 7) is 9.38. The quantitative estimate of drug-likeness (QED) is 0.391. The molecule has 1 aromatic carbocycles. The number of hydrogen-bond donors (Lipinski definition) is 3. The molecule has 0 saturated heterocycles. The monoisotopic (exact) mass is 343 g/mol. The van der Waals surface area contributed by atoms with Crippen LogP contribution >= 0.6 is 0 Å². The van der Waals surface area contributed by atoms with Gasteiger partial charge < -0.3 is 15.7 Å². The molecule has 2 rings (SSSR count). The third kappa shape index (κ3) is 6.49. The van der Waals surface area contributed by atoms with E-state index in [1.807, 2.05) is 23.7 Å². The highest BCUT2D eigenvalue weighted by atomic mass is 16.3. The predicted molar refractivity (Wildman–Crippen MR) is 102 cm³/mol. The first-order chi connectivity index (χ1) is 12.1. The van der Waals surface area contributed by atoms with Crippen LogP contribution < -0.4 is 10.6 Å². The van der Waals surface area contributed by atoms with Crippen molar-refractivity contribution in [2.24, 2.45) is 4.99 Å². The van der Waals surface area contributed by atoms with Gasteiger partial charge in [0, 0.05) is 31.9 Å². The van der Waals surface area contributed by atoms with Gasteiger partial charge in [-0.15, -0.1) is 0 Å². The van der Waals surface area contributed by atoms with E-state index in [1.165, 1.54) is 5.69 Å². The molecule has 0 unspecified atom stereocenters. The molecule has 0 bridgehead atoms. The number of phenolic OH excluding ortho intramolecular Hbond substituents is 1. The van der Waals surface area contributed by atoms with E-state index in [4.69, 9.17) is 0 Å². The Balaban J connectivity index is 1.76. The molecule has 0 radical (unpaired) electrons. The van der Waals surface area contributed by atoms with Crippen molar-refractivity contribution in [3.63, 3.8) is 0 Å². The second-order valence-electron chi connectivity index (χ2n) is 6.11. The van der Waals surface area contributed by atoms with Crippen LogP contribution in [0.25, 0.3) is 0 Å². The molecule has 0 atom stereocenters. The number of aromatic nitrogens is 2. The van der Waals surface area contributed by atoms with Crippen molar-refractivity contribution in [1.29, 1.82) is 0 Å². The van der Waals surface area contributed by atoms with Crippen molar-refractivity contribution in [1.82, 2.24) is 20.4 Å². The predicted octanol–water partition coefficient (Wildman–Crippen LogP) is 2.39. The van der Waals surface area contributed by atoms with Gasteiger partial charge in [0.05, 0.1) is 5.69 Å². The molecule has 136 valence electrons. The zero-order valence-electron chi connectivity index (χ0n) is 15.4. The summed E-state index contributed by atoms with van der Waals surface area (Å²) >= 11 is 0. The van der Waals surface area contributed by atoms with Crippen LogP contribution in [0.2, 0.25) is 0 Å². The Morgan fingerprint density at radius 3 is 2.76 bits per heavy atom. The van der Waals surface area contributed by atoms with Gasteiger partial charge in [0.15, 0.2) is 5.96 Å². The average Bonchev–Trinajstić information content (AvgIpc) is 2.89. The Bertz CT molecular complexity index is 693. The third-order valence-electron chi connectivity index (χ3n) is 3.86. The molecule has 0 fully saturated rings. The Hall–Kier alpha value is -2.50. The van der Waals surface area contributed by atoms with E-state index >= 15 is 0 Å². The molecule has 1 heterocycles. The maximum atomic E-state index is 9.50. The van der Waals surface area contributed by atoms with Gasteiger partial charge in [-0.3, -0.25) is 9.67 Å². The first-order valence-corrected chi connectivity index (χ1v) is 8.89. The van der Waals surface area contributed by atoms with Gasteiger partial charge in [-0.2, -0.15) is 5.10 Å². The summed E-state index contributed by atoms with van der Waals surface area (Å²) in [6, 6.07) is 9.45. The van der Waals surface area contributed by atoms with E-state index < -0.39 is 0 Å². The third-order valence-corrected chi connectivity index (χ3v) is 3.86. The Morgan fingerprint density at radius 2 is 2.08 bits per heavy atom. The fourth-order valence-corrected chi connectivity index (χ4v) is 2.69. The molecule has 0 saturated carbocycles. The van der Waals surface area contributed by atoms with Crippen LogP contribution in [0.5, 0.6) is 5.75 Å². The molecule has 6 nitrogen and oxygen atoms in total. The summed E-state index contributed by atoms with van der Waals surface area (Å²) in [5, 5.41) is 20.6. The fraction of sp³-hybridized carbons (Fsp3) is 0.474. The first kappa shape index (κ1) is 18.8. The number of rotatable bonds is 8. The van der Waals surface area contributed by atoms with E-state index in [0.29, 0.717) is 5.75 Å². The van der Waals surface area contributed by atoms with Crippen LogP contribution in [0.15, 0.2) is 35.3 Å². The number of phenols is 1. The van der Waals surface area contributed by atoms with Crippen LogP contribution in [0, 0.1) is 13.8 Å². The van der Waals surface area contributed by atoms with Crippen molar-refractivity contribution in [2.45, 2.75) is 40.2 Å². The van der Waals surface area contributed by atoms with Gasteiger partial charge >= 0.3 is 0 Å². The van der Waals surface area contributed by atoms with E-state index in [9.17, 15) is 5.11 Å². The largest absolute Gasteiger partial charge is 0.508 e. The molecule has 1 aromatic heterocycles. The first-order valence-electron chi connectivity index (χ1n) is 8.89. The second kappa shape index (κ2) is 9.71. The van der Waals surface area contributed by atoms with E-state index in [0.717, 1.165) is 56.2 Å². The highest BCUT2D eigenvalue weighted by Crippen LogP contribution is 2.10. The van der Waals surface area contributed by atoms with Crippen LogP contribution in [0.3, 0.4) is 0 Å². The highest BCUT2D eigenvalue weighted by molar-refractivity contribution is 5.79. The molecule has 0 spiro atoms. The SMILES string of the molecule is CCNC(=NCCCn1nc(C)cc1C)NCCc1cccc(O)c1. The van der Waals surface area contributed by atoms with Crippen molar-refractivity contribution in [2.75, 3.05) is 19.6 Å². The Kier molecular flexibility index (Phi) is 7.32. The van der Waals surface area contributed by atoms with Gasteiger partial charge in [0.1, 0.15) is 5.75 Å². The summed E-state index contributed by atoms with van der Waals surface area (Å²) in [5.41, 5.74) is 3.36. The minimum Gasteiger partial charge on any atom is -0.508 e. The normalized spacial score (nSPS) is 11.6. The van der Waals surface area contributed by atoms with Gasteiger partial charge in [-0.1, -0.05) is 12.1 Å². The topological polar surface area (TPSA) is 74.5 Å². The van der Waals surface area contributed by atoms with Crippen molar-refractivity contribution in [3.05, 3.63) is 47.3 Å². The van der Waals surface area contributed by atoms with Crippen molar-refractivity contribution in [3.8, 4) is 5.75 Å². The molecular weight excluding hydrogens is 314 g/mol. The van der Waals surface area contributed by atoms with Crippen molar-refractivity contribution >= 4 is 5.96 Å². The maximum Gasteiger partial charge on any atom is 0.191 e. The minimum absolute atomic E-state index is 0.308. The van der Waals surface area contributed by atoms with Gasteiger partial charge in [-0.25, -0.2) is 0 Å². The zero-order valence-corrected chi connectivity index (χ0v) is 15.4. The molecule has 2 aromatic rings. The highest BCUT2D eigenvalue weighted by Gasteiger charge is 2.01. The number of hydrogen-bond acceptors (Lipinski definition) is 3. The minimum atomic E-state index is 0.308. The molecule has 25 heavy (non-hydrogen) atoms. The van der Waals surface area contributed by atoms with E-state index in [1.54, 1.807) is 12.1 Å². The molecule has 0 amide bonds. The Labute approximate surface area is 150 Å². The molecule has 0 aliphatic rings. The zero-order chi connectivity index (χ0) is 18.1. The van der Waals surface area contributed by atoms with Gasteiger partial charge in [0.25, 0.3) is 0 Å². The van der Waals surface area contributed by atoms with Gasteiger partial charge in [-0.05, 0) is 57.4 Å². The average molecular weight is 343 g/mol. The van der Waals surface area contributed by atoms with Crippen LogP contribution in [-0.2, 0) is 13.0 Å². The van der Waals surface area contributed by atoms with Crippen molar-refractivity contribution < 1.29 is 5.11 Å².